The van der Waals surface area contributed by atoms with Crippen molar-refractivity contribution in [3.05, 3.63) is 107 Å². The molecule has 35 heavy (non-hydrogen) atoms. The first-order chi connectivity index (χ1) is 16.6. The number of rotatable bonds is 3. The molecule has 9 heteroatoms. The van der Waals surface area contributed by atoms with Crippen molar-refractivity contribution < 1.29 is 29.3 Å². The smallest absolute Gasteiger partial charge is 0.466 e. The second-order valence-corrected chi connectivity index (χ2v) is 8.73. The Labute approximate surface area is 199 Å². The van der Waals surface area contributed by atoms with Crippen molar-refractivity contribution in [1.29, 1.82) is 0 Å². The first-order valence-electron chi connectivity index (χ1n) is 10.4. The fraction of sp³-hybridized carbons (Fsp3) is 0. The Morgan fingerprint density at radius 3 is 1.69 bits per heavy atom. The first-order valence-corrected chi connectivity index (χ1v) is 12.0. The molecule has 0 atom stereocenters. The molecule has 0 fully saturated rings. The van der Waals surface area contributed by atoms with Gasteiger partial charge in [-0.15, -0.1) is 0 Å². The summed E-state index contributed by atoms with van der Waals surface area (Å²) in [4.78, 5) is 32.2. The van der Waals surface area contributed by atoms with Crippen molar-refractivity contribution in [2.75, 3.05) is 0 Å². The largest absolute Gasteiger partial charge is 0.507 e. The molecule has 0 aliphatic rings. The maximum absolute atomic E-state index is 11.1. The van der Waals surface area contributed by atoms with Gasteiger partial charge >= 0.3 is 7.82 Å². The van der Waals surface area contributed by atoms with Crippen molar-refractivity contribution in [2.45, 2.75) is 0 Å². The Hall–Kier alpha value is -4.07. The zero-order valence-corrected chi connectivity index (χ0v) is 19.0. The summed E-state index contributed by atoms with van der Waals surface area (Å²) < 4.78 is 8.88. The molecule has 0 aliphatic heterocycles. The van der Waals surface area contributed by atoms with Crippen molar-refractivity contribution in [2.24, 2.45) is 0 Å². The molecule has 0 spiro atoms. The van der Waals surface area contributed by atoms with Crippen LogP contribution in [-0.4, -0.2) is 24.7 Å². The highest BCUT2D eigenvalue weighted by molar-refractivity contribution is 7.45. The number of phosphoric acid groups is 1. The first kappa shape index (κ1) is 24.1. The van der Waals surface area contributed by atoms with Gasteiger partial charge in [0.25, 0.3) is 5.69 Å². The summed E-state index contributed by atoms with van der Waals surface area (Å²) in [7, 11) is -4.64. The van der Waals surface area contributed by atoms with E-state index in [2.05, 4.69) is 0 Å². The van der Waals surface area contributed by atoms with Gasteiger partial charge in [0.15, 0.2) is 0 Å². The molecule has 0 saturated heterocycles. The second-order valence-electron chi connectivity index (χ2n) is 7.71. The van der Waals surface area contributed by atoms with Gasteiger partial charge in [0.2, 0.25) is 0 Å². The van der Waals surface area contributed by atoms with Crippen LogP contribution in [0.4, 0.5) is 5.69 Å². The standard InChI is InChI=1S/C26H17NO3.H3O4P/c28-24-16-12-18-6-2-4-8-22(18)26(24)25-21-7-3-1-5-17(21)11-15-23(25)19-9-13-20(14-10-19)27(29)30;1-5(2,3)4/h1-16,28H;(H3,1,2,3,4). The average molecular weight is 489 g/mol. The van der Waals surface area contributed by atoms with Crippen LogP contribution in [0.3, 0.4) is 0 Å². The summed E-state index contributed by atoms with van der Waals surface area (Å²) >= 11 is 0. The Bertz CT molecular complexity index is 1590. The third kappa shape index (κ3) is 5.37. The Balaban J connectivity index is 0.000000527. The molecule has 5 rings (SSSR count). The SMILES string of the molecule is O=P(O)(O)O.O=[N+]([O-])c1ccc(-c2ccc3ccccc3c2-c2c(O)ccc3ccccc23)cc1. The number of phenols is 1. The van der Waals surface area contributed by atoms with E-state index in [4.69, 9.17) is 19.2 Å². The van der Waals surface area contributed by atoms with Crippen LogP contribution in [0.15, 0.2) is 97.1 Å². The number of nitro groups is 1. The van der Waals surface area contributed by atoms with Gasteiger partial charge in [-0.05, 0) is 50.9 Å². The van der Waals surface area contributed by atoms with E-state index in [1.54, 1.807) is 18.2 Å². The van der Waals surface area contributed by atoms with Crippen molar-refractivity contribution >= 4 is 35.1 Å². The van der Waals surface area contributed by atoms with E-state index >= 15 is 0 Å². The number of phenolic OH excluding ortho intramolecular Hbond substituents is 1. The Morgan fingerprint density at radius 1 is 0.657 bits per heavy atom. The molecule has 0 aromatic heterocycles. The van der Waals surface area contributed by atoms with E-state index in [1.807, 2.05) is 66.7 Å². The lowest BCUT2D eigenvalue weighted by Crippen LogP contribution is -1.91. The number of non-ortho nitro benzene ring substituents is 1. The van der Waals surface area contributed by atoms with E-state index in [0.29, 0.717) is 0 Å². The minimum absolute atomic E-state index is 0.0501. The summed E-state index contributed by atoms with van der Waals surface area (Å²) in [5, 5.41) is 26.1. The molecule has 0 radical (unpaired) electrons. The summed E-state index contributed by atoms with van der Waals surface area (Å²) in [6, 6.07) is 30.2. The minimum atomic E-state index is -4.64. The molecule has 0 unspecified atom stereocenters. The molecule has 176 valence electrons. The van der Waals surface area contributed by atoms with Gasteiger partial charge < -0.3 is 19.8 Å². The highest BCUT2D eigenvalue weighted by Gasteiger charge is 2.18. The van der Waals surface area contributed by atoms with Gasteiger partial charge in [-0.25, -0.2) is 4.57 Å². The van der Waals surface area contributed by atoms with Crippen LogP contribution in [-0.2, 0) is 4.57 Å². The second kappa shape index (κ2) is 9.66. The van der Waals surface area contributed by atoms with E-state index in [-0.39, 0.29) is 11.4 Å². The normalized spacial score (nSPS) is 11.2. The van der Waals surface area contributed by atoms with Crippen LogP contribution in [0, 0.1) is 10.1 Å². The van der Waals surface area contributed by atoms with Crippen molar-refractivity contribution in [3.63, 3.8) is 0 Å². The number of fused-ring (bicyclic) bond motifs is 2. The molecule has 0 heterocycles. The van der Waals surface area contributed by atoms with E-state index in [1.165, 1.54) is 12.1 Å². The summed E-state index contributed by atoms with van der Waals surface area (Å²) in [6.07, 6.45) is 0. The third-order valence-electron chi connectivity index (χ3n) is 5.48. The molecule has 0 saturated carbocycles. The number of hydrogen-bond donors (Lipinski definition) is 4. The Morgan fingerprint density at radius 2 is 1.14 bits per heavy atom. The van der Waals surface area contributed by atoms with Crippen LogP contribution in [0.2, 0.25) is 0 Å². The quantitative estimate of drug-likeness (QED) is 0.138. The molecule has 8 nitrogen and oxygen atoms in total. The number of benzene rings is 5. The maximum atomic E-state index is 11.1. The van der Waals surface area contributed by atoms with E-state index in [9.17, 15) is 15.2 Å². The molecule has 5 aromatic carbocycles. The van der Waals surface area contributed by atoms with Gasteiger partial charge in [0, 0.05) is 23.3 Å². The van der Waals surface area contributed by atoms with Crippen LogP contribution < -0.4 is 0 Å². The fourth-order valence-corrected chi connectivity index (χ4v) is 4.07. The topological polar surface area (TPSA) is 141 Å². The third-order valence-corrected chi connectivity index (χ3v) is 5.48. The van der Waals surface area contributed by atoms with Gasteiger partial charge in [-0.3, -0.25) is 10.1 Å². The molecule has 4 N–H and O–H groups in total. The zero-order valence-electron chi connectivity index (χ0n) is 18.1. The molecule has 0 bridgehead atoms. The van der Waals surface area contributed by atoms with Crippen LogP contribution in [0.5, 0.6) is 5.75 Å². The molecule has 0 amide bonds. The molecule has 5 aromatic rings. The lowest BCUT2D eigenvalue weighted by Gasteiger charge is -2.17. The Kier molecular flexibility index (Phi) is 6.64. The molecule has 0 aliphatic carbocycles. The zero-order chi connectivity index (χ0) is 25.2. The van der Waals surface area contributed by atoms with Crippen molar-refractivity contribution in [3.8, 4) is 28.0 Å². The molecular formula is C26H20NO7P. The highest BCUT2D eigenvalue weighted by Crippen LogP contribution is 2.45. The number of aromatic hydroxyl groups is 1. The average Bonchev–Trinajstić information content (AvgIpc) is 2.83. The van der Waals surface area contributed by atoms with Gasteiger partial charge in [-0.1, -0.05) is 66.7 Å². The van der Waals surface area contributed by atoms with Gasteiger partial charge in [0.1, 0.15) is 5.75 Å². The number of nitro benzene ring substituents is 1. The fourth-order valence-electron chi connectivity index (χ4n) is 4.07. The van der Waals surface area contributed by atoms with E-state index < -0.39 is 12.7 Å². The van der Waals surface area contributed by atoms with E-state index in [0.717, 1.165) is 43.8 Å². The lowest BCUT2D eigenvalue weighted by molar-refractivity contribution is -0.384. The number of hydrogen-bond acceptors (Lipinski definition) is 4. The molecular weight excluding hydrogens is 469 g/mol. The summed E-state index contributed by atoms with van der Waals surface area (Å²) in [5.74, 6) is 0.202. The van der Waals surface area contributed by atoms with Crippen LogP contribution in [0.25, 0.3) is 43.8 Å². The summed E-state index contributed by atoms with van der Waals surface area (Å²) in [5.41, 5.74) is 3.49. The minimum Gasteiger partial charge on any atom is -0.507 e. The van der Waals surface area contributed by atoms with Crippen LogP contribution >= 0.6 is 7.82 Å². The highest BCUT2D eigenvalue weighted by atomic mass is 31.2. The monoisotopic (exact) mass is 489 g/mol. The van der Waals surface area contributed by atoms with Gasteiger partial charge in [-0.2, -0.15) is 0 Å². The summed E-state index contributed by atoms with van der Waals surface area (Å²) in [6.45, 7) is 0. The maximum Gasteiger partial charge on any atom is 0.466 e. The van der Waals surface area contributed by atoms with Crippen molar-refractivity contribution in [1.82, 2.24) is 0 Å². The lowest BCUT2D eigenvalue weighted by atomic mass is 9.87. The van der Waals surface area contributed by atoms with Crippen LogP contribution in [0.1, 0.15) is 0 Å². The number of nitrogens with zero attached hydrogens (tertiary/aromatic N) is 1. The predicted octanol–water partition coefficient (Wildman–Crippen LogP) is 6.01. The van der Waals surface area contributed by atoms with Gasteiger partial charge in [0.05, 0.1) is 4.92 Å². The predicted molar refractivity (Wildman–Crippen MR) is 135 cm³/mol.